The molecule has 0 bridgehead atoms. The molecule has 0 fully saturated rings. The molecule has 0 aromatic rings. The summed E-state index contributed by atoms with van der Waals surface area (Å²) in [6.07, 6.45) is 0. The molecule has 0 amide bonds. The van der Waals surface area contributed by atoms with Crippen molar-refractivity contribution in [2.45, 2.75) is 6.92 Å². The summed E-state index contributed by atoms with van der Waals surface area (Å²) in [5.41, 5.74) is 0.222. The molecule has 4 heavy (non-hydrogen) atoms. The quantitative estimate of drug-likeness (QED) is 0.420. The molecule has 0 radical (unpaired) electrons. The van der Waals surface area contributed by atoms with Gasteiger partial charge in [-0.25, -0.2) is 0 Å². The minimum absolute atomic E-state index is 0.222. The van der Waals surface area contributed by atoms with Gasteiger partial charge in [-0.05, 0) is 6.92 Å². The molecule has 0 spiro atoms. The summed E-state index contributed by atoms with van der Waals surface area (Å²) in [5.74, 6) is 0. The zero-order chi connectivity index (χ0) is 3.58. The molecule has 0 aliphatic heterocycles. The average molecular weight is 76.0 g/mol. The Morgan fingerprint density at radius 2 is 2.00 bits per heavy atom. The molecule has 0 atom stereocenters. The average Bonchev–Trinajstić information content (AvgIpc) is 0.811. The van der Waals surface area contributed by atoms with Crippen LogP contribution in [0.25, 0.3) is 0 Å². The van der Waals surface area contributed by atoms with Crippen molar-refractivity contribution in [1.29, 1.82) is 0 Å². The number of hydrogen-bond donors (Lipinski definition) is 1. The lowest BCUT2D eigenvalue weighted by Crippen LogP contribution is -1.71. The summed E-state index contributed by atoms with van der Waals surface area (Å²) in [5, 5.41) is 7.89. The van der Waals surface area contributed by atoms with E-state index in [0.717, 1.165) is 0 Å². The lowest BCUT2D eigenvalue weighted by atomic mass is 10.9. The predicted octanol–water partition coefficient (Wildman–Crippen LogP) is 0.651. The molecule has 0 saturated heterocycles. The molecular weight excluding hydrogens is 71.0 g/mol. The second-order valence-corrected chi connectivity index (χ2v) is 1.31. The minimum Gasteiger partial charge on any atom is -0.361 e. The molecule has 0 heterocycles. The van der Waals surface area contributed by atoms with E-state index in [9.17, 15) is 0 Å². The topological polar surface area (TPSA) is 20.2 Å². The molecular formula is C2H5OP. The Morgan fingerprint density at radius 1 is 2.00 bits per heavy atom. The monoisotopic (exact) mass is 76.0 g/mol. The maximum atomic E-state index is 7.89. The molecule has 0 unspecified atom stereocenters. The maximum absolute atomic E-state index is 7.89. The van der Waals surface area contributed by atoms with E-state index in [1.807, 2.05) is 0 Å². The van der Waals surface area contributed by atoms with Crippen LogP contribution in [0.4, 0.5) is 0 Å². The lowest BCUT2D eigenvalue weighted by Gasteiger charge is -1.65. The standard InChI is InChI=1S/C2H5OP/c1-2(3)4/h3-4H,1H3. The van der Waals surface area contributed by atoms with Crippen LogP contribution in [0.15, 0.2) is 0 Å². The van der Waals surface area contributed by atoms with Crippen molar-refractivity contribution in [2.24, 2.45) is 0 Å². The van der Waals surface area contributed by atoms with Crippen molar-refractivity contribution in [3.63, 3.8) is 0 Å². The smallest absolute Gasteiger partial charge is 0.0646 e. The maximum Gasteiger partial charge on any atom is 0.0646 e. The summed E-state index contributed by atoms with van der Waals surface area (Å²) in [7, 11) is 2.78. The second-order valence-electron chi connectivity index (χ2n) is 0.585. The Kier molecular flexibility index (Phi) is 1.50. The van der Waals surface area contributed by atoms with Gasteiger partial charge in [0.15, 0.2) is 0 Å². The second kappa shape index (κ2) is 1.45. The van der Waals surface area contributed by atoms with Gasteiger partial charge in [0.25, 0.3) is 0 Å². The van der Waals surface area contributed by atoms with E-state index in [2.05, 4.69) is 8.86 Å². The molecule has 0 aromatic heterocycles. The van der Waals surface area contributed by atoms with Gasteiger partial charge in [0.2, 0.25) is 0 Å². The van der Waals surface area contributed by atoms with Crippen molar-refractivity contribution in [2.75, 3.05) is 0 Å². The number of aliphatic hydroxyl groups excluding tert-OH is 1. The van der Waals surface area contributed by atoms with Gasteiger partial charge in [-0.3, -0.25) is 0 Å². The van der Waals surface area contributed by atoms with Crippen molar-refractivity contribution < 1.29 is 5.11 Å². The third-order valence-corrected chi connectivity index (χ3v) is 0. The third kappa shape index (κ3) is 161. The highest BCUT2D eigenvalue weighted by atomic mass is 31.0. The van der Waals surface area contributed by atoms with Crippen LogP contribution in [0, 0.1) is 0 Å². The highest BCUT2D eigenvalue weighted by molar-refractivity contribution is 7.20. The van der Waals surface area contributed by atoms with E-state index in [1.54, 1.807) is 6.92 Å². The van der Waals surface area contributed by atoms with E-state index >= 15 is 0 Å². The Morgan fingerprint density at radius 3 is 2.00 bits per heavy atom. The minimum atomic E-state index is 0.222. The van der Waals surface area contributed by atoms with Gasteiger partial charge >= 0.3 is 0 Å². The first-order valence-electron chi connectivity index (χ1n) is 0.974. The third-order valence-electron chi connectivity index (χ3n) is 0. The first-order chi connectivity index (χ1) is 1.73. The normalized spacial score (nSPS) is 6.50. The zero-order valence-electron chi connectivity index (χ0n) is 2.45. The van der Waals surface area contributed by atoms with Crippen molar-refractivity contribution in [3.05, 3.63) is 0 Å². The highest BCUT2D eigenvalue weighted by Gasteiger charge is 1.54. The summed E-state index contributed by atoms with van der Waals surface area (Å²) < 4.78 is 0. The van der Waals surface area contributed by atoms with Gasteiger partial charge in [-0.2, -0.15) is 0 Å². The Labute approximate surface area is 27.5 Å². The summed E-state index contributed by atoms with van der Waals surface area (Å²) in [4.78, 5) is 0. The van der Waals surface area contributed by atoms with Crippen molar-refractivity contribution >= 4 is 14.3 Å². The fourth-order valence-electron chi connectivity index (χ4n) is 0. The van der Waals surface area contributed by atoms with Crippen molar-refractivity contribution in [1.82, 2.24) is 0 Å². The fraction of sp³-hybridized carbons (Fsp3) is 0.500. The van der Waals surface area contributed by atoms with Crippen LogP contribution in [0.2, 0.25) is 0 Å². The van der Waals surface area contributed by atoms with Crippen LogP contribution < -0.4 is 0 Å². The Bertz CT molecular complexity index is 29.0. The molecule has 0 saturated carbocycles. The van der Waals surface area contributed by atoms with Crippen LogP contribution in [0.3, 0.4) is 0 Å². The van der Waals surface area contributed by atoms with E-state index in [1.165, 1.54) is 0 Å². The van der Waals surface area contributed by atoms with E-state index in [4.69, 9.17) is 5.11 Å². The molecule has 1 nitrogen and oxygen atoms in total. The first kappa shape index (κ1) is 4.13. The molecule has 0 aromatic carbocycles. The largest absolute Gasteiger partial charge is 0.361 e. The highest BCUT2D eigenvalue weighted by Crippen LogP contribution is 1.61. The SMILES string of the molecule is CC(O)=P. The molecule has 0 aliphatic carbocycles. The molecule has 2 heteroatoms. The summed E-state index contributed by atoms with van der Waals surface area (Å²) in [6.45, 7) is 1.55. The fourth-order valence-corrected chi connectivity index (χ4v) is 0. The molecule has 0 aliphatic rings. The van der Waals surface area contributed by atoms with Crippen LogP contribution in [0.5, 0.6) is 0 Å². The summed E-state index contributed by atoms with van der Waals surface area (Å²) in [6, 6.07) is 0. The Balaban J connectivity index is 2.80. The van der Waals surface area contributed by atoms with Gasteiger partial charge in [0.05, 0.1) is 5.48 Å². The van der Waals surface area contributed by atoms with E-state index < -0.39 is 0 Å². The number of hydrogen-bond acceptors (Lipinski definition) is 0. The van der Waals surface area contributed by atoms with E-state index in [-0.39, 0.29) is 5.48 Å². The van der Waals surface area contributed by atoms with Gasteiger partial charge in [-0.1, -0.05) is 8.86 Å². The first-order valence-corrected chi connectivity index (χ1v) is 1.47. The van der Waals surface area contributed by atoms with Crippen LogP contribution in [-0.4, -0.2) is 10.6 Å². The van der Waals surface area contributed by atoms with Crippen LogP contribution in [-0.2, 0) is 0 Å². The van der Waals surface area contributed by atoms with E-state index in [0.29, 0.717) is 0 Å². The number of rotatable bonds is 0. The Hall–Kier alpha value is 0.130. The molecule has 24 valence electrons. The summed E-state index contributed by atoms with van der Waals surface area (Å²) >= 11 is 0. The number of aliphatic hydroxyl groups is 1. The lowest BCUT2D eigenvalue weighted by molar-refractivity contribution is 0.564. The zero-order valence-corrected chi connectivity index (χ0v) is 3.45. The van der Waals surface area contributed by atoms with Gasteiger partial charge in [0.1, 0.15) is 0 Å². The van der Waals surface area contributed by atoms with Gasteiger partial charge < -0.3 is 5.11 Å². The van der Waals surface area contributed by atoms with Gasteiger partial charge in [-0.15, -0.1) is 0 Å². The van der Waals surface area contributed by atoms with Crippen molar-refractivity contribution in [3.8, 4) is 0 Å². The molecule has 0 rings (SSSR count). The van der Waals surface area contributed by atoms with Gasteiger partial charge in [0, 0.05) is 0 Å². The van der Waals surface area contributed by atoms with Crippen LogP contribution in [0.1, 0.15) is 6.92 Å². The molecule has 1 N–H and O–H groups in total. The predicted molar refractivity (Wildman–Crippen MR) is 20.9 cm³/mol. The van der Waals surface area contributed by atoms with Crippen LogP contribution >= 0.6 is 8.86 Å².